The van der Waals surface area contributed by atoms with E-state index >= 15 is 0 Å². The fraction of sp³-hybridized carbons (Fsp3) is 0.900. The molecule has 3 aliphatic rings. The third-order valence-corrected chi connectivity index (χ3v) is 3.53. The van der Waals surface area contributed by atoms with Crippen LogP contribution in [-0.4, -0.2) is 47.9 Å². The predicted molar refractivity (Wildman–Crippen MR) is 49.3 cm³/mol. The zero-order valence-electron chi connectivity index (χ0n) is 7.91. The van der Waals surface area contributed by atoms with Gasteiger partial charge >= 0.3 is 0 Å². The van der Waals surface area contributed by atoms with Crippen LogP contribution in [-0.2, 0) is 4.79 Å². The smallest absolute Gasteiger partial charge is 0.236 e. The Morgan fingerprint density at radius 1 is 1.15 bits per heavy atom. The molecule has 2 bridgehead atoms. The van der Waals surface area contributed by atoms with Crippen molar-refractivity contribution < 1.29 is 4.79 Å². The Morgan fingerprint density at radius 3 is 2.77 bits per heavy atom. The highest BCUT2D eigenvalue weighted by atomic mass is 16.2. The third kappa shape index (κ3) is 1.35. The lowest BCUT2D eigenvalue weighted by atomic mass is 10.1. The molecule has 1 atom stereocenters. The largest absolute Gasteiger partial charge is 0.341 e. The molecule has 0 aromatic rings. The Morgan fingerprint density at radius 2 is 2.00 bits per heavy atom. The summed E-state index contributed by atoms with van der Waals surface area (Å²) in [4.78, 5) is 16.2. The molecule has 3 rings (SSSR count). The molecular weight excluding hydrogens is 164 g/mol. The van der Waals surface area contributed by atoms with Crippen molar-refractivity contribution in [3.63, 3.8) is 0 Å². The number of hydrogen-bond donors (Lipinski definition) is 0. The minimum atomic E-state index is 0.368. The van der Waals surface area contributed by atoms with Crippen LogP contribution in [0.1, 0.15) is 19.3 Å². The zero-order chi connectivity index (χ0) is 8.84. The molecule has 1 amide bonds. The lowest BCUT2D eigenvalue weighted by molar-refractivity contribution is -0.130. The molecule has 1 unspecified atom stereocenters. The minimum absolute atomic E-state index is 0.368. The molecule has 72 valence electrons. The van der Waals surface area contributed by atoms with Crippen molar-refractivity contribution in [2.75, 3.05) is 26.2 Å². The van der Waals surface area contributed by atoms with Crippen molar-refractivity contribution in [3.8, 4) is 0 Å². The highest BCUT2D eigenvalue weighted by Crippen LogP contribution is 2.31. The van der Waals surface area contributed by atoms with Crippen molar-refractivity contribution in [1.29, 1.82) is 0 Å². The summed E-state index contributed by atoms with van der Waals surface area (Å²) in [7, 11) is 0. The van der Waals surface area contributed by atoms with Gasteiger partial charge in [0.15, 0.2) is 0 Å². The van der Waals surface area contributed by atoms with Crippen molar-refractivity contribution >= 4 is 5.91 Å². The Hall–Kier alpha value is -0.570. The highest BCUT2D eigenvalue weighted by molar-refractivity contribution is 5.79. The van der Waals surface area contributed by atoms with E-state index in [9.17, 15) is 4.79 Å². The number of fused-ring (bicyclic) bond motifs is 2. The van der Waals surface area contributed by atoms with Crippen molar-refractivity contribution in [3.05, 3.63) is 0 Å². The van der Waals surface area contributed by atoms with Gasteiger partial charge in [-0.2, -0.15) is 0 Å². The fourth-order valence-electron chi connectivity index (χ4n) is 2.60. The van der Waals surface area contributed by atoms with E-state index in [1.807, 2.05) is 4.90 Å². The average molecular weight is 180 g/mol. The molecule has 0 spiro atoms. The Balaban J connectivity index is 1.76. The van der Waals surface area contributed by atoms with E-state index in [1.54, 1.807) is 0 Å². The molecule has 2 heterocycles. The van der Waals surface area contributed by atoms with Crippen LogP contribution in [0.4, 0.5) is 0 Å². The summed E-state index contributed by atoms with van der Waals surface area (Å²) >= 11 is 0. The van der Waals surface area contributed by atoms with Crippen LogP contribution in [0.25, 0.3) is 0 Å². The van der Waals surface area contributed by atoms with Crippen LogP contribution < -0.4 is 0 Å². The number of nitrogens with zero attached hydrogens (tertiary/aromatic N) is 2. The summed E-state index contributed by atoms with van der Waals surface area (Å²) in [5, 5.41) is 0. The third-order valence-electron chi connectivity index (χ3n) is 3.53. The Bertz CT molecular complexity index is 237. The first kappa shape index (κ1) is 7.80. The maximum atomic E-state index is 11.7. The zero-order valence-corrected chi connectivity index (χ0v) is 7.91. The van der Waals surface area contributed by atoms with Gasteiger partial charge in [-0.05, 0) is 25.2 Å². The Labute approximate surface area is 78.7 Å². The summed E-state index contributed by atoms with van der Waals surface area (Å²) in [6.07, 6.45) is 3.87. The minimum Gasteiger partial charge on any atom is -0.341 e. The second kappa shape index (κ2) is 2.71. The summed E-state index contributed by atoms with van der Waals surface area (Å²) in [5.74, 6) is 1.14. The number of hydrogen-bond acceptors (Lipinski definition) is 2. The number of carbonyl (C=O) groups excluding carboxylic acids is 1. The van der Waals surface area contributed by atoms with Gasteiger partial charge in [0.05, 0.1) is 6.54 Å². The maximum absolute atomic E-state index is 11.7. The van der Waals surface area contributed by atoms with Crippen LogP contribution in [0.5, 0.6) is 0 Å². The molecule has 1 aliphatic carbocycles. The van der Waals surface area contributed by atoms with Crippen molar-refractivity contribution in [1.82, 2.24) is 9.80 Å². The molecule has 0 aromatic carbocycles. The summed E-state index contributed by atoms with van der Waals surface area (Å²) in [5.41, 5.74) is 0. The standard InChI is InChI=1S/C10H16N2O/c13-10-7-12(9-1-2-9)6-8-3-4-11(10)5-8/h8-9H,1-7H2. The van der Waals surface area contributed by atoms with Gasteiger partial charge in [0.1, 0.15) is 0 Å². The Kier molecular flexibility index (Phi) is 1.62. The number of rotatable bonds is 1. The molecule has 2 aliphatic heterocycles. The lowest BCUT2D eigenvalue weighted by Crippen LogP contribution is -2.38. The quantitative estimate of drug-likeness (QED) is 0.580. The van der Waals surface area contributed by atoms with Crippen LogP contribution in [0.3, 0.4) is 0 Å². The summed E-state index contributed by atoms with van der Waals surface area (Å²) in [6.45, 7) is 3.91. The number of carbonyl (C=O) groups is 1. The van der Waals surface area contributed by atoms with Crippen LogP contribution in [0.2, 0.25) is 0 Å². The molecule has 0 radical (unpaired) electrons. The van der Waals surface area contributed by atoms with Crippen LogP contribution in [0, 0.1) is 5.92 Å². The molecule has 0 N–H and O–H groups in total. The van der Waals surface area contributed by atoms with Gasteiger partial charge in [0.2, 0.25) is 5.91 Å². The summed E-state index contributed by atoms with van der Waals surface area (Å²) in [6, 6.07) is 0.754. The maximum Gasteiger partial charge on any atom is 0.236 e. The van der Waals surface area contributed by atoms with Gasteiger partial charge in [-0.3, -0.25) is 9.69 Å². The van der Waals surface area contributed by atoms with E-state index in [1.165, 1.54) is 25.8 Å². The molecule has 2 saturated heterocycles. The average Bonchev–Trinajstić information content (AvgIpc) is 2.84. The predicted octanol–water partition coefficient (Wildman–Crippen LogP) is 0.313. The van der Waals surface area contributed by atoms with E-state index in [2.05, 4.69) is 4.90 Å². The van der Waals surface area contributed by atoms with Crippen LogP contribution >= 0.6 is 0 Å². The topological polar surface area (TPSA) is 23.6 Å². The second-order valence-corrected chi connectivity index (χ2v) is 4.66. The van der Waals surface area contributed by atoms with Crippen molar-refractivity contribution in [2.45, 2.75) is 25.3 Å². The van der Waals surface area contributed by atoms with E-state index in [-0.39, 0.29) is 0 Å². The van der Waals surface area contributed by atoms with Gasteiger partial charge in [0, 0.05) is 25.7 Å². The van der Waals surface area contributed by atoms with Crippen molar-refractivity contribution in [2.24, 2.45) is 5.92 Å². The van der Waals surface area contributed by atoms with Crippen LogP contribution in [0.15, 0.2) is 0 Å². The first-order valence-corrected chi connectivity index (χ1v) is 5.35. The second-order valence-electron chi connectivity index (χ2n) is 4.66. The molecule has 3 heteroatoms. The van der Waals surface area contributed by atoms with Gasteiger partial charge in [0.25, 0.3) is 0 Å². The SMILES string of the molecule is O=C1CN(C2CC2)CC2CCN1C2. The lowest BCUT2D eigenvalue weighted by Gasteiger charge is -2.23. The normalized spacial score (nSPS) is 35.2. The van der Waals surface area contributed by atoms with Gasteiger partial charge in [-0.1, -0.05) is 0 Å². The van der Waals surface area contributed by atoms with E-state index < -0.39 is 0 Å². The summed E-state index contributed by atoms with van der Waals surface area (Å²) < 4.78 is 0. The fourth-order valence-corrected chi connectivity index (χ4v) is 2.60. The number of amides is 1. The van der Waals surface area contributed by atoms with Gasteiger partial charge in [-0.25, -0.2) is 0 Å². The highest BCUT2D eigenvalue weighted by Gasteiger charge is 2.38. The molecule has 0 aromatic heterocycles. The van der Waals surface area contributed by atoms with E-state index in [0.717, 1.165) is 25.0 Å². The molecular formula is C10H16N2O. The van der Waals surface area contributed by atoms with Gasteiger partial charge < -0.3 is 4.90 Å². The first-order valence-electron chi connectivity index (χ1n) is 5.35. The van der Waals surface area contributed by atoms with Gasteiger partial charge in [-0.15, -0.1) is 0 Å². The molecule has 1 saturated carbocycles. The molecule has 3 nitrogen and oxygen atoms in total. The molecule has 13 heavy (non-hydrogen) atoms. The van der Waals surface area contributed by atoms with E-state index in [0.29, 0.717) is 12.5 Å². The monoisotopic (exact) mass is 180 g/mol. The van der Waals surface area contributed by atoms with E-state index in [4.69, 9.17) is 0 Å². The molecule has 3 fully saturated rings. The first-order chi connectivity index (χ1) is 6.33.